The van der Waals surface area contributed by atoms with Crippen molar-refractivity contribution in [2.75, 3.05) is 11.5 Å². The highest BCUT2D eigenvalue weighted by Crippen LogP contribution is 2.25. The molecule has 0 bridgehead atoms. The van der Waals surface area contributed by atoms with Gasteiger partial charge in [0.1, 0.15) is 5.82 Å². The molecule has 3 heteroatoms. The molecule has 0 fully saturated rings. The van der Waals surface area contributed by atoms with E-state index in [1.165, 1.54) is 0 Å². The zero-order valence-electron chi connectivity index (χ0n) is 7.64. The Morgan fingerprint density at radius 1 is 1.00 bits per heavy atom. The largest absolute Gasteiger partial charge is 0.398 e. The average Bonchev–Trinajstić information content (AvgIpc) is 2.19. The summed E-state index contributed by atoms with van der Waals surface area (Å²) in [5.74, 6) is 0.446. The lowest BCUT2D eigenvalue weighted by atomic mass is 10.1. The summed E-state index contributed by atoms with van der Waals surface area (Å²) in [6.45, 7) is 0. The lowest BCUT2D eigenvalue weighted by Gasteiger charge is -2.05. The Balaban J connectivity index is 2.53. The molecular formula is C11H11N3. The number of nitrogens with two attached hydrogens (primary N) is 2. The standard InChI is InChI=1S/C11H11N3/c12-10-6-11(13)14-7-9(10)8-4-2-1-3-5-8/h1-7H,(H4,12,13,14). The molecule has 0 aliphatic heterocycles. The SMILES string of the molecule is Nc1cc(N)c(-c2ccccc2)cn1. The van der Waals surface area contributed by atoms with Crippen molar-refractivity contribution in [2.45, 2.75) is 0 Å². The Kier molecular flexibility index (Phi) is 2.07. The summed E-state index contributed by atoms with van der Waals surface area (Å²) < 4.78 is 0. The second kappa shape index (κ2) is 3.38. The van der Waals surface area contributed by atoms with Crippen molar-refractivity contribution in [2.24, 2.45) is 0 Å². The quantitative estimate of drug-likeness (QED) is 0.713. The van der Waals surface area contributed by atoms with E-state index in [4.69, 9.17) is 11.5 Å². The van der Waals surface area contributed by atoms with Gasteiger partial charge < -0.3 is 11.5 Å². The van der Waals surface area contributed by atoms with Crippen molar-refractivity contribution in [3.8, 4) is 11.1 Å². The molecule has 0 amide bonds. The molecule has 2 aromatic rings. The Labute approximate surface area is 82.4 Å². The molecule has 0 saturated heterocycles. The van der Waals surface area contributed by atoms with Crippen molar-refractivity contribution in [3.63, 3.8) is 0 Å². The molecule has 0 aliphatic carbocycles. The van der Waals surface area contributed by atoms with E-state index in [0.717, 1.165) is 11.1 Å². The van der Waals surface area contributed by atoms with E-state index in [9.17, 15) is 0 Å². The van der Waals surface area contributed by atoms with Crippen LogP contribution in [0, 0.1) is 0 Å². The third-order valence-electron chi connectivity index (χ3n) is 2.04. The molecule has 1 aromatic heterocycles. The van der Waals surface area contributed by atoms with Gasteiger partial charge in [0.05, 0.1) is 0 Å². The Morgan fingerprint density at radius 3 is 2.36 bits per heavy atom. The van der Waals surface area contributed by atoms with Crippen LogP contribution in [-0.2, 0) is 0 Å². The van der Waals surface area contributed by atoms with E-state index >= 15 is 0 Å². The van der Waals surface area contributed by atoms with Gasteiger partial charge in [0, 0.05) is 23.5 Å². The molecule has 0 spiro atoms. The highest BCUT2D eigenvalue weighted by atomic mass is 14.8. The number of benzene rings is 1. The first-order valence-corrected chi connectivity index (χ1v) is 4.34. The summed E-state index contributed by atoms with van der Waals surface area (Å²) >= 11 is 0. The van der Waals surface area contributed by atoms with Gasteiger partial charge in [-0.05, 0) is 5.56 Å². The average molecular weight is 185 g/mol. The zero-order chi connectivity index (χ0) is 9.97. The summed E-state index contributed by atoms with van der Waals surface area (Å²) in [4.78, 5) is 4.01. The van der Waals surface area contributed by atoms with Crippen LogP contribution in [0.5, 0.6) is 0 Å². The van der Waals surface area contributed by atoms with Crippen molar-refractivity contribution in [1.82, 2.24) is 4.98 Å². The fourth-order valence-corrected chi connectivity index (χ4v) is 1.35. The summed E-state index contributed by atoms with van der Waals surface area (Å²) in [5, 5.41) is 0. The molecule has 2 rings (SSSR count). The Bertz CT molecular complexity index is 438. The number of hydrogen-bond donors (Lipinski definition) is 2. The third-order valence-corrected chi connectivity index (χ3v) is 2.04. The van der Waals surface area contributed by atoms with Crippen LogP contribution in [0.25, 0.3) is 11.1 Å². The predicted octanol–water partition coefficient (Wildman–Crippen LogP) is 1.91. The topological polar surface area (TPSA) is 64.9 Å². The van der Waals surface area contributed by atoms with Crippen LogP contribution < -0.4 is 11.5 Å². The van der Waals surface area contributed by atoms with Crippen LogP contribution in [0.3, 0.4) is 0 Å². The molecule has 1 heterocycles. The maximum atomic E-state index is 5.83. The van der Waals surface area contributed by atoms with Gasteiger partial charge in [0.2, 0.25) is 0 Å². The first kappa shape index (κ1) is 8.56. The van der Waals surface area contributed by atoms with Crippen LogP contribution in [0.15, 0.2) is 42.6 Å². The molecule has 70 valence electrons. The molecule has 0 radical (unpaired) electrons. The van der Waals surface area contributed by atoms with Crippen molar-refractivity contribution in [3.05, 3.63) is 42.6 Å². The van der Waals surface area contributed by atoms with Crippen LogP contribution in [-0.4, -0.2) is 4.98 Å². The van der Waals surface area contributed by atoms with Crippen molar-refractivity contribution >= 4 is 11.5 Å². The predicted molar refractivity (Wildman–Crippen MR) is 58.5 cm³/mol. The summed E-state index contributed by atoms with van der Waals surface area (Å²) in [7, 11) is 0. The van der Waals surface area contributed by atoms with Gasteiger partial charge in [-0.25, -0.2) is 4.98 Å². The summed E-state index contributed by atoms with van der Waals surface area (Å²) in [5.41, 5.74) is 14.0. The smallest absolute Gasteiger partial charge is 0.125 e. The van der Waals surface area contributed by atoms with Crippen LogP contribution in [0.2, 0.25) is 0 Å². The van der Waals surface area contributed by atoms with Gasteiger partial charge in [0.25, 0.3) is 0 Å². The maximum absolute atomic E-state index is 5.83. The first-order chi connectivity index (χ1) is 6.77. The van der Waals surface area contributed by atoms with E-state index in [2.05, 4.69) is 4.98 Å². The number of anilines is 2. The van der Waals surface area contributed by atoms with Gasteiger partial charge in [-0.15, -0.1) is 0 Å². The molecule has 14 heavy (non-hydrogen) atoms. The van der Waals surface area contributed by atoms with Gasteiger partial charge in [-0.2, -0.15) is 0 Å². The highest BCUT2D eigenvalue weighted by Gasteiger charge is 2.02. The molecule has 0 aliphatic rings. The van der Waals surface area contributed by atoms with Gasteiger partial charge in [-0.3, -0.25) is 0 Å². The minimum atomic E-state index is 0.446. The summed E-state index contributed by atoms with van der Waals surface area (Å²) in [6, 6.07) is 11.5. The van der Waals surface area contributed by atoms with E-state index in [1.807, 2.05) is 30.3 Å². The summed E-state index contributed by atoms with van der Waals surface area (Å²) in [6.07, 6.45) is 1.69. The normalized spacial score (nSPS) is 10.0. The Hall–Kier alpha value is -2.03. The second-order valence-electron chi connectivity index (χ2n) is 3.06. The second-order valence-corrected chi connectivity index (χ2v) is 3.06. The minimum Gasteiger partial charge on any atom is -0.398 e. The third kappa shape index (κ3) is 1.52. The lowest BCUT2D eigenvalue weighted by molar-refractivity contribution is 1.34. The lowest BCUT2D eigenvalue weighted by Crippen LogP contribution is -1.95. The molecule has 0 unspecified atom stereocenters. The van der Waals surface area contributed by atoms with Gasteiger partial charge >= 0.3 is 0 Å². The monoisotopic (exact) mass is 185 g/mol. The molecule has 0 saturated carbocycles. The van der Waals surface area contributed by atoms with Crippen LogP contribution in [0.1, 0.15) is 0 Å². The van der Waals surface area contributed by atoms with E-state index in [-0.39, 0.29) is 0 Å². The maximum Gasteiger partial charge on any atom is 0.125 e. The fraction of sp³-hybridized carbons (Fsp3) is 0. The highest BCUT2D eigenvalue weighted by molar-refractivity contribution is 5.76. The van der Waals surface area contributed by atoms with Crippen molar-refractivity contribution < 1.29 is 0 Å². The van der Waals surface area contributed by atoms with E-state index in [1.54, 1.807) is 12.3 Å². The first-order valence-electron chi connectivity index (χ1n) is 4.34. The number of pyridine rings is 1. The number of hydrogen-bond acceptors (Lipinski definition) is 3. The number of nitrogen functional groups attached to an aromatic ring is 2. The molecule has 4 N–H and O–H groups in total. The minimum absolute atomic E-state index is 0.446. The Morgan fingerprint density at radius 2 is 1.71 bits per heavy atom. The van der Waals surface area contributed by atoms with Crippen LogP contribution >= 0.6 is 0 Å². The molecule has 3 nitrogen and oxygen atoms in total. The van der Waals surface area contributed by atoms with Crippen LogP contribution in [0.4, 0.5) is 11.5 Å². The zero-order valence-corrected chi connectivity index (χ0v) is 7.64. The van der Waals surface area contributed by atoms with E-state index in [0.29, 0.717) is 11.5 Å². The van der Waals surface area contributed by atoms with E-state index < -0.39 is 0 Å². The van der Waals surface area contributed by atoms with Gasteiger partial charge in [-0.1, -0.05) is 30.3 Å². The van der Waals surface area contributed by atoms with Gasteiger partial charge in [0.15, 0.2) is 0 Å². The number of aromatic nitrogens is 1. The molecule has 1 aromatic carbocycles. The number of rotatable bonds is 1. The molecule has 0 atom stereocenters. The fourth-order valence-electron chi connectivity index (χ4n) is 1.35. The molecular weight excluding hydrogens is 174 g/mol. The number of nitrogens with zero attached hydrogens (tertiary/aromatic N) is 1. The van der Waals surface area contributed by atoms with Crippen molar-refractivity contribution in [1.29, 1.82) is 0 Å².